The van der Waals surface area contributed by atoms with Gasteiger partial charge in [0.15, 0.2) is 0 Å². The first kappa shape index (κ1) is 18.1. The predicted molar refractivity (Wildman–Crippen MR) is 94.4 cm³/mol. The maximum atomic E-state index is 12.6. The van der Waals surface area contributed by atoms with E-state index in [9.17, 15) is 9.59 Å². The number of amides is 3. The number of benzene rings is 1. The van der Waals surface area contributed by atoms with Crippen LogP contribution < -0.4 is 15.0 Å². The van der Waals surface area contributed by atoms with Crippen molar-refractivity contribution in [1.82, 2.24) is 10.2 Å². The molecular weight excluding hydrogens is 306 g/mol. The van der Waals surface area contributed by atoms with Gasteiger partial charge in [0.25, 0.3) is 0 Å². The van der Waals surface area contributed by atoms with Gasteiger partial charge in [0.2, 0.25) is 5.91 Å². The molecule has 0 radical (unpaired) electrons. The minimum atomic E-state index is -0.466. The lowest BCUT2D eigenvalue weighted by atomic mass is 10.1. The Morgan fingerprint density at radius 2 is 1.96 bits per heavy atom. The number of hydrogen-bond donors (Lipinski definition) is 1. The van der Waals surface area contributed by atoms with Gasteiger partial charge in [-0.25, -0.2) is 4.79 Å². The van der Waals surface area contributed by atoms with Crippen LogP contribution >= 0.6 is 0 Å². The summed E-state index contributed by atoms with van der Waals surface area (Å²) in [4.78, 5) is 28.3. The quantitative estimate of drug-likeness (QED) is 0.814. The molecule has 0 unspecified atom stereocenters. The van der Waals surface area contributed by atoms with E-state index in [0.717, 1.165) is 30.7 Å². The van der Waals surface area contributed by atoms with Crippen molar-refractivity contribution in [3.05, 3.63) is 24.3 Å². The average molecular weight is 333 g/mol. The van der Waals surface area contributed by atoms with Gasteiger partial charge in [-0.15, -0.1) is 0 Å². The molecule has 3 amide bonds. The molecule has 0 bridgehead atoms. The van der Waals surface area contributed by atoms with Crippen LogP contribution in [-0.2, 0) is 4.79 Å². The van der Waals surface area contributed by atoms with E-state index in [-0.39, 0.29) is 11.9 Å². The lowest BCUT2D eigenvalue weighted by molar-refractivity contribution is -0.124. The van der Waals surface area contributed by atoms with Crippen LogP contribution in [0.4, 0.5) is 10.5 Å². The Morgan fingerprint density at radius 1 is 1.25 bits per heavy atom. The molecule has 1 atom stereocenters. The van der Waals surface area contributed by atoms with Crippen molar-refractivity contribution in [1.29, 1.82) is 0 Å². The largest absolute Gasteiger partial charge is 0.497 e. The number of hydrogen-bond acceptors (Lipinski definition) is 3. The van der Waals surface area contributed by atoms with E-state index in [1.807, 2.05) is 24.3 Å². The Morgan fingerprint density at radius 3 is 2.58 bits per heavy atom. The van der Waals surface area contributed by atoms with Crippen LogP contribution in [0, 0.1) is 0 Å². The first-order chi connectivity index (χ1) is 11.6. The molecule has 1 N–H and O–H groups in total. The maximum Gasteiger partial charge on any atom is 0.318 e. The van der Waals surface area contributed by atoms with E-state index in [1.54, 1.807) is 23.8 Å². The summed E-state index contributed by atoms with van der Waals surface area (Å²) < 4.78 is 5.14. The van der Waals surface area contributed by atoms with Gasteiger partial charge in [0.05, 0.1) is 7.11 Å². The summed E-state index contributed by atoms with van der Waals surface area (Å²) in [5.41, 5.74) is 0.829. The number of carbonyl (C=O) groups is 2. The van der Waals surface area contributed by atoms with Crippen LogP contribution in [0.1, 0.15) is 33.1 Å². The number of nitrogens with zero attached hydrogens (tertiary/aromatic N) is 2. The summed E-state index contributed by atoms with van der Waals surface area (Å²) in [6.07, 6.45) is 3.18. The molecule has 0 spiro atoms. The van der Waals surface area contributed by atoms with Gasteiger partial charge in [-0.1, -0.05) is 19.8 Å². The summed E-state index contributed by atoms with van der Waals surface area (Å²) in [7, 11) is 1.61. The number of rotatable bonds is 6. The minimum Gasteiger partial charge on any atom is -0.497 e. The highest BCUT2D eigenvalue weighted by atomic mass is 16.5. The number of urea groups is 1. The fourth-order valence-corrected chi connectivity index (χ4v) is 2.84. The van der Waals surface area contributed by atoms with Crippen molar-refractivity contribution in [2.24, 2.45) is 0 Å². The van der Waals surface area contributed by atoms with Crippen molar-refractivity contribution in [3.8, 4) is 5.75 Å². The van der Waals surface area contributed by atoms with Gasteiger partial charge >= 0.3 is 6.03 Å². The van der Waals surface area contributed by atoms with Crippen LogP contribution in [-0.4, -0.2) is 49.6 Å². The first-order valence-electron chi connectivity index (χ1n) is 8.58. The lowest BCUT2D eigenvalue weighted by Crippen LogP contribution is -2.59. The van der Waals surface area contributed by atoms with Gasteiger partial charge in [0.1, 0.15) is 11.8 Å². The number of unbranched alkanes of at least 4 members (excludes halogenated alkanes) is 2. The number of piperazine rings is 1. The standard InChI is InChI=1S/C18H27N3O3/c1-4-5-6-11-19-18(23)20-12-13-21(17(22)14(20)2)15-7-9-16(24-3)10-8-15/h7-10,14H,4-6,11-13H2,1-3H3,(H,19,23)/t14-/m0/s1. The van der Waals surface area contributed by atoms with Gasteiger partial charge in [-0.05, 0) is 37.6 Å². The van der Waals surface area contributed by atoms with Crippen LogP contribution in [0.3, 0.4) is 0 Å². The topological polar surface area (TPSA) is 61.9 Å². The number of nitrogens with one attached hydrogen (secondary N) is 1. The number of ether oxygens (including phenoxy) is 1. The highest BCUT2D eigenvalue weighted by Gasteiger charge is 2.34. The molecule has 1 aliphatic rings. The van der Waals surface area contributed by atoms with E-state index in [4.69, 9.17) is 4.74 Å². The number of anilines is 1. The summed E-state index contributed by atoms with van der Waals surface area (Å²) in [6, 6.07) is 6.78. The zero-order valence-electron chi connectivity index (χ0n) is 14.7. The van der Waals surface area contributed by atoms with E-state index in [2.05, 4.69) is 12.2 Å². The highest BCUT2D eigenvalue weighted by Crippen LogP contribution is 2.23. The predicted octanol–water partition coefficient (Wildman–Crippen LogP) is 2.63. The van der Waals surface area contributed by atoms with Crippen molar-refractivity contribution < 1.29 is 14.3 Å². The second kappa shape index (κ2) is 8.57. The molecule has 1 fully saturated rings. The molecule has 1 aromatic carbocycles. The molecule has 0 aromatic heterocycles. The van der Waals surface area contributed by atoms with Crippen molar-refractivity contribution in [2.75, 3.05) is 31.6 Å². The Labute approximate surface area is 143 Å². The molecule has 2 rings (SSSR count). The van der Waals surface area contributed by atoms with Gasteiger partial charge < -0.3 is 19.9 Å². The maximum absolute atomic E-state index is 12.6. The van der Waals surface area contributed by atoms with E-state index in [1.165, 1.54) is 0 Å². The highest BCUT2D eigenvalue weighted by molar-refractivity contribution is 6.00. The molecular formula is C18H27N3O3. The van der Waals surface area contributed by atoms with Gasteiger partial charge in [0, 0.05) is 25.3 Å². The normalized spacial score (nSPS) is 17.8. The van der Waals surface area contributed by atoms with Crippen molar-refractivity contribution in [2.45, 2.75) is 39.2 Å². The molecule has 6 heteroatoms. The average Bonchev–Trinajstić information content (AvgIpc) is 2.61. The molecule has 1 aliphatic heterocycles. The summed E-state index contributed by atoms with van der Waals surface area (Å²) in [5, 5.41) is 2.91. The summed E-state index contributed by atoms with van der Waals surface area (Å²) in [6.45, 7) is 5.59. The number of methoxy groups -OCH3 is 1. The summed E-state index contributed by atoms with van der Waals surface area (Å²) in [5.74, 6) is 0.694. The third-order valence-electron chi connectivity index (χ3n) is 4.36. The minimum absolute atomic E-state index is 0.0601. The summed E-state index contributed by atoms with van der Waals surface area (Å²) >= 11 is 0. The Kier molecular flexibility index (Phi) is 6.46. The molecule has 132 valence electrons. The van der Waals surface area contributed by atoms with Crippen LogP contribution in [0.15, 0.2) is 24.3 Å². The molecule has 0 aliphatic carbocycles. The van der Waals surface area contributed by atoms with Crippen molar-refractivity contribution >= 4 is 17.6 Å². The monoisotopic (exact) mass is 333 g/mol. The van der Waals surface area contributed by atoms with E-state index < -0.39 is 6.04 Å². The van der Waals surface area contributed by atoms with Crippen LogP contribution in [0.2, 0.25) is 0 Å². The Balaban J connectivity index is 1.95. The second-order valence-electron chi connectivity index (χ2n) is 6.00. The Bertz CT molecular complexity index is 559. The van der Waals surface area contributed by atoms with Gasteiger partial charge in [-0.3, -0.25) is 4.79 Å². The van der Waals surface area contributed by atoms with Crippen molar-refractivity contribution in [3.63, 3.8) is 0 Å². The molecule has 1 aromatic rings. The fourth-order valence-electron chi connectivity index (χ4n) is 2.84. The zero-order chi connectivity index (χ0) is 17.5. The Hall–Kier alpha value is -2.24. The van der Waals surface area contributed by atoms with E-state index in [0.29, 0.717) is 19.6 Å². The second-order valence-corrected chi connectivity index (χ2v) is 6.00. The molecule has 24 heavy (non-hydrogen) atoms. The van der Waals surface area contributed by atoms with Gasteiger partial charge in [-0.2, -0.15) is 0 Å². The smallest absolute Gasteiger partial charge is 0.318 e. The van der Waals surface area contributed by atoms with E-state index >= 15 is 0 Å². The molecule has 0 saturated carbocycles. The number of carbonyl (C=O) groups excluding carboxylic acids is 2. The molecule has 1 saturated heterocycles. The van der Waals surface area contributed by atoms with Crippen LogP contribution in [0.5, 0.6) is 5.75 Å². The molecule has 6 nitrogen and oxygen atoms in total. The third-order valence-corrected chi connectivity index (χ3v) is 4.36. The zero-order valence-corrected chi connectivity index (χ0v) is 14.7. The third kappa shape index (κ3) is 4.19. The lowest BCUT2D eigenvalue weighted by Gasteiger charge is -2.39. The fraction of sp³-hybridized carbons (Fsp3) is 0.556. The SMILES string of the molecule is CCCCCNC(=O)N1CCN(c2ccc(OC)cc2)C(=O)[C@@H]1C. The molecule has 1 heterocycles. The first-order valence-corrected chi connectivity index (χ1v) is 8.58. The van der Waals surface area contributed by atoms with Crippen LogP contribution in [0.25, 0.3) is 0 Å².